The second-order valence-corrected chi connectivity index (χ2v) is 7.46. The minimum Gasteiger partial charge on any atom is -0.478 e. The zero-order valence-electron chi connectivity index (χ0n) is 16.2. The number of aromatic carboxylic acids is 1. The van der Waals surface area contributed by atoms with E-state index < -0.39 is 5.97 Å². The topological polar surface area (TPSA) is 72.5 Å². The van der Waals surface area contributed by atoms with Gasteiger partial charge in [-0.2, -0.15) is 5.10 Å². The Hall–Kier alpha value is -3.87. The van der Waals surface area contributed by atoms with Gasteiger partial charge in [-0.25, -0.2) is 9.18 Å². The fraction of sp³-hybridized carbons (Fsp3) is 0.130. The summed E-state index contributed by atoms with van der Waals surface area (Å²) in [6.07, 6.45) is 1.78. The van der Waals surface area contributed by atoms with Crippen LogP contribution in [-0.2, 0) is 0 Å². The van der Waals surface area contributed by atoms with Crippen molar-refractivity contribution in [1.29, 1.82) is 0 Å². The first kappa shape index (κ1) is 18.2. The maximum atomic E-state index is 13.5. The minimum atomic E-state index is -0.949. The van der Waals surface area contributed by atoms with Crippen LogP contribution >= 0.6 is 0 Å². The molecular weight excluding hydrogens is 383 g/mol. The first-order valence-corrected chi connectivity index (χ1v) is 9.64. The van der Waals surface area contributed by atoms with Crippen molar-refractivity contribution in [2.75, 3.05) is 16.3 Å². The monoisotopic (exact) mass is 402 g/mol. The molecule has 2 heterocycles. The van der Waals surface area contributed by atoms with E-state index in [4.69, 9.17) is 0 Å². The van der Waals surface area contributed by atoms with E-state index in [0.717, 1.165) is 33.7 Å². The van der Waals surface area contributed by atoms with Gasteiger partial charge in [-0.05, 0) is 67.6 Å². The summed E-state index contributed by atoms with van der Waals surface area (Å²) in [4.78, 5) is 15.6. The van der Waals surface area contributed by atoms with Crippen LogP contribution in [0.3, 0.4) is 0 Å². The van der Waals surface area contributed by atoms with Crippen LogP contribution in [-0.4, -0.2) is 33.9 Å². The Morgan fingerprint density at radius 1 is 1.07 bits per heavy atom. The van der Waals surface area contributed by atoms with Crippen LogP contribution in [0.4, 0.5) is 27.1 Å². The highest BCUT2D eigenvalue weighted by atomic mass is 19.1. The van der Waals surface area contributed by atoms with Crippen molar-refractivity contribution >= 4 is 39.6 Å². The molecule has 0 bridgehead atoms. The molecule has 0 saturated heterocycles. The number of carboxylic acids is 1. The number of H-pyrrole nitrogens is 1. The van der Waals surface area contributed by atoms with Crippen molar-refractivity contribution in [1.82, 2.24) is 10.2 Å². The number of benzene rings is 3. The SMILES string of the molecule is CC1CN(c2ccc(C(=O)O)cc2)c2cc3[nH]ncc3cc2N1c1ccc(F)cc1. The summed E-state index contributed by atoms with van der Waals surface area (Å²) < 4.78 is 13.5. The molecule has 0 aliphatic carbocycles. The molecule has 1 unspecified atom stereocenters. The number of hydrogen-bond donors (Lipinski definition) is 2. The van der Waals surface area contributed by atoms with Crippen LogP contribution in [0.15, 0.2) is 66.9 Å². The quantitative estimate of drug-likeness (QED) is 0.500. The van der Waals surface area contributed by atoms with E-state index in [1.807, 2.05) is 18.2 Å². The van der Waals surface area contributed by atoms with Gasteiger partial charge in [-0.3, -0.25) is 5.10 Å². The molecule has 6 nitrogen and oxygen atoms in total. The van der Waals surface area contributed by atoms with Gasteiger partial charge in [0.05, 0.1) is 28.7 Å². The molecule has 5 rings (SSSR count). The highest BCUT2D eigenvalue weighted by molar-refractivity contribution is 5.95. The van der Waals surface area contributed by atoms with E-state index in [2.05, 4.69) is 33.0 Å². The molecule has 1 atom stereocenters. The highest BCUT2D eigenvalue weighted by Crippen LogP contribution is 2.45. The maximum Gasteiger partial charge on any atom is 0.335 e. The van der Waals surface area contributed by atoms with E-state index in [1.54, 1.807) is 30.5 Å². The van der Waals surface area contributed by atoms with Gasteiger partial charge >= 0.3 is 5.97 Å². The van der Waals surface area contributed by atoms with Gasteiger partial charge in [0, 0.05) is 29.3 Å². The van der Waals surface area contributed by atoms with Crippen molar-refractivity contribution in [3.63, 3.8) is 0 Å². The second kappa shape index (κ2) is 6.88. The molecule has 0 amide bonds. The van der Waals surface area contributed by atoms with E-state index in [9.17, 15) is 14.3 Å². The fourth-order valence-electron chi connectivity index (χ4n) is 4.08. The number of carbonyl (C=O) groups is 1. The van der Waals surface area contributed by atoms with E-state index in [0.29, 0.717) is 6.54 Å². The zero-order valence-corrected chi connectivity index (χ0v) is 16.2. The van der Waals surface area contributed by atoms with Gasteiger partial charge in [0.1, 0.15) is 5.82 Å². The Kier molecular flexibility index (Phi) is 4.17. The molecule has 0 fully saturated rings. The average molecular weight is 402 g/mol. The molecule has 150 valence electrons. The van der Waals surface area contributed by atoms with E-state index in [-0.39, 0.29) is 17.4 Å². The minimum absolute atomic E-state index is 0.0893. The van der Waals surface area contributed by atoms with Gasteiger partial charge in [-0.15, -0.1) is 0 Å². The summed E-state index contributed by atoms with van der Waals surface area (Å²) in [6, 6.07) is 17.6. The van der Waals surface area contributed by atoms with Gasteiger partial charge < -0.3 is 14.9 Å². The van der Waals surface area contributed by atoms with Crippen LogP contribution in [0.5, 0.6) is 0 Å². The molecular formula is C23H19FN4O2. The molecule has 3 aromatic carbocycles. The van der Waals surface area contributed by atoms with E-state index in [1.165, 1.54) is 12.1 Å². The van der Waals surface area contributed by atoms with Crippen molar-refractivity contribution in [2.45, 2.75) is 13.0 Å². The Morgan fingerprint density at radius 2 is 1.77 bits per heavy atom. The number of nitrogens with one attached hydrogen (secondary N) is 1. The fourth-order valence-corrected chi connectivity index (χ4v) is 4.08. The molecule has 1 aromatic heterocycles. The molecule has 0 saturated carbocycles. The van der Waals surface area contributed by atoms with Crippen molar-refractivity contribution in [3.05, 3.63) is 78.2 Å². The van der Waals surface area contributed by atoms with Gasteiger partial charge in [-0.1, -0.05) is 0 Å². The number of aromatic amines is 1. The second-order valence-electron chi connectivity index (χ2n) is 7.46. The van der Waals surface area contributed by atoms with Crippen LogP contribution in [0, 0.1) is 5.82 Å². The third kappa shape index (κ3) is 2.95. The van der Waals surface area contributed by atoms with Gasteiger partial charge in [0.2, 0.25) is 0 Å². The molecule has 2 N–H and O–H groups in total. The smallest absolute Gasteiger partial charge is 0.335 e. The largest absolute Gasteiger partial charge is 0.478 e. The third-order valence-corrected chi connectivity index (χ3v) is 5.50. The zero-order chi connectivity index (χ0) is 20.8. The van der Waals surface area contributed by atoms with Crippen LogP contribution in [0.2, 0.25) is 0 Å². The summed E-state index contributed by atoms with van der Waals surface area (Å²) in [5.41, 5.74) is 4.93. The lowest BCUT2D eigenvalue weighted by Crippen LogP contribution is -2.43. The lowest BCUT2D eigenvalue weighted by atomic mass is 10.0. The van der Waals surface area contributed by atoms with Gasteiger partial charge in [0.25, 0.3) is 0 Å². The van der Waals surface area contributed by atoms with Crippen LogP contribution in [0.1, 0.15) is 17.3 Å². The molecule has 7 heteroatoms. The normalized spacial score (nSPS) is 16.0. The number of rotatable bonds is 3. The highest BCUT2D eigenvalue weighted by Gasteiger charge is 2.31. The number of aromatic nitrogens is 2. The predicted octanol–water partition coefficient (Wildman–Crippen LogP) is 5.08. The summed E-state index contributed by atoms with van der Waals surface area (Å²) in [6.45, 7) is 2.79. The Labute approximate surface area is 172 Å². The Morgan fingerprint density at radius 3 is 2.47 bits per heavy atom. The van der Waals surface area contributed by atoms with Gasteiger partial charge in [0.15, 0.2) is 0 Å². The summed E-state index contributed by atoms with van der Waals surface area (Å²) in [5.74, 6) is -1.22. The molecule has 4 aromatic rings. The van der Waals surface area contributed by atoms with Crippen LogP contribution < -0.4 is 9.80 Å². The molecule has 0 radical (unpaired) electrons. The third-order valence-electron chi connectivity index (χ3n) is 5.50. The van der Waals surface area contributed by atoms with E-state index >= 15 is 0 Å². The number of carboxylic acid groups (broad SMARTS) is 1. The lowest BCUT2D eigenvalue weighted by Gasteiger charge is -2.43. The average Bonchev–Trinajstić information content (AvgIpc) is 3.20. The first-order valence-electron chi connectivity index (χ1n) is 9.64. The number of nitrogens with zero attached hydrogens (tertiary/aromatic N) is 3. The standard InChI is InChI=1S/C23H19FN4O2/c1-14-13-27(18-6-2-15(3-7-18)23(29)30)21-11-20-16(12-25-26-20)10-22(21)28(14)19-8-4-17(24)5-9-19/h2-12,14H,13H2,1H3,(H,25,26)(H,29,30). The molecule has 1 aliphatic rings. The number of halogens is 1. The molecule has 30 heavy (non-hydrogen) atoms. The van der Waals surface area contributed by atoms with Crippen molar-refractivity contribution < 1.29 is 14.3 Å². The van der Waals surface area contributed by atoms with Crippen LogP contribution in [0.25, 0.3) is 10.9 Å². The number of anilines is 4. The Bertz CT molecular complexity index is 1230. The predicted molar refractivity (Wildman–Crippen MR) is 115 cm³/mol. The van der Waals surface area contributed by atoms with Crippen molar-refractivity contribution in [3.8, 4) is 0 Å². The number of fused-ring (bicyclic) bond motifs is 2. The lowest BCUT2D eigenvalue weighted by molar-refractivity contribution is 0.0697. The molecule has 0 spiro atoms. The molecule has 1 aliphatic heterocycles. The Balaban J connectivity index is 1.66. The summed E-state index contributed by atoms with van der Waals surface area (Å²) >= 11 is 0. The maximum absolute atomic E-state index is 13.5. The summed E-state index contributed by atoms with van der Waals surface area (Å²) in [5, 5.41) is 17.4. The summed E-state index contributed by atoms with van der Waals surface area (Å²) in [7, 11) is 0. The van der Waals surface area contributed by atoms with Crippen molar-refractivity contribution in [2.24, 2.45) is 0 Å². The number of hydrogen-bond acceptors (Lipinski definition) is 4. The first-order chi connectivity index (χ1) is 14.5.